The first-order valence-corrected chi connectivity index (χ1v) is 12.8. The number of nitrogens with zero attached hydrogens (tertiary/aromatic N) is 6. The predicted octanol–water partition coefficient (Wildman–Crippen LogP) is 4.00. The minimum absolute atomic E-state index is 0.0601. The van der Waals surface area contributed by atoms with Gasteiger partial charge < -0.3 is 4.90 Å². The van der Waals surface area contributed by atoms with Crippen LogP contribution in [0, 0.1) is 12.8 Å². The molecule has 2 atom stereocenters. The summed E-state index contributed by atoms with van der Waals surface area (Å²) in [6, 6.07) is 8.23. The zero-order valence-corrected chi connectivity index (χ0v) is 20.1. The molecule has 0 unspecified atom stereocenters. The third kappa shape index (κ3) is 4.29. The van der Waals surface area contributed by atoms with Gasteiger partial charge in [0.05, 0.1) is 23.0 Å². The zero-order chi connectivity index (χ0) is 25.0. The van der Waals surface area contributed by atoms with Gasteiger partial charge in [-0.25, -0.2) is 17.4 Å². The van der Waals surface area contributed by atoms with E-state index >= 15 is 0 Å². The van der Waals surface area contributed by atoms with E-state index in [0.717, 1.165) is 16.0 Å². The van der Waals surface area contributed by atoms with Gasteiger partial charge in [-0.05, 0) is 31.0 Å². The molecular formula is C23H25F3N6O2S. The third-order valence-corrected chi connectivity index (χ3v) is 8.40. The molecule has 3 aromatic heterocycles. The molecule has 35 heavy (non-hydrogen) atoms. The molecule has 0 amide bonds. The van der Waals surface area contributed by atoms with E-state index in [1.165, 1.54) is 12.4 Å². The fourth-order valence-electron chi connectivity index (χ4n) is 4.84. The van der Waals surface area contributed by atoms with Crippen LogP contribution in [0.15, 0.2) is 47.6 Å². The maximum Gasteiger partial charge on any atom is 0.390 e. The first kappa shape index (κ1) is 23.7. The van der Waals surface area contributed by atoms with Crippen molar-refractivity contribution in [2.75, 3.05) is 19.6 Å². The summed E-state index contributed by atoms with van der Waals surface area (Å²) in [7, 11) is -3.88. The Morgan fingerprint density at radius 1 is 1.09 bits per heavy atom. The first-order chi connectivity index (χ1) is 16.6. The fourth-order valence-corrected chi connectivity index (χ4v) is 6.14. The largest absolute Gasteiger partial charge is 0.390 e. The van der Waals surface area contributed by atoms with Crippen molar-refractivity contribution in [3.05, 3.63) is 54.1 Å². The van der Waals surface area contributed by atoms with Gasteiger partial charge in [0.1, 0.15) is 5.82 Å². The van der Waals surface area contributed by atoms with Crippen LogP contribution < -0.4 is 0 Å². The lowest BCUT2D eigenvalue weighted by Crippen LogP contribution is -2.26. The molecule has 0 aliphatic carbocycles. The van der Waals surface area contributed by atoms with Gasteiger partial charge in [-0.2, -0.15) is 13.2 Å². The van der Waals surface area contributed by atoms with E-state index in [1.807, 2.05) is 18.7 Å². The molecule has 1 aromatic carbocycles. The summed E-state index contributed by atoms with van der Waals surface area (Å²) in [4.78, 5) is 6.32. The van der Waals surface area contributed by atoms with Gasteiger partial charge in [0.15, 0.2) is 11.3 Å². The second-order valence-corrected chi connectivity index (χ2v) is 10.9. The van der Waals surface area contributed by atoms with E-state index in [2.05, 4.69) is 15.2 Å². The zero-order valence-electron chi connectivity index (χ0n) is 19.3. The second kappa shape index (κ2) is 8.59. The van der Waals surface area contributed by atoms with Crippen LogP contribution in [0.4, 0.5) is 13.2 Å². The highest BCUT2D eigenvalue weighted by Gasteiger charge is 2.38. The van der Waals surface area contributed by atoms with Crippen molar-refractivity contribution in [2.24, 2.45) is 5.92 Å². The standard InChI is InChI=1S/C23H25F3N6O2S/c1-3-16-13-30(11-9-23(24,25)26)14-18(16)21-29-28-20-12-27-22-19(32(20)21)8-10-31(22)35(33,34)17-6-4-15(2)5-7-17/h4-8,10,12,16,18H,3,9,11,13-14H2,1-2H3/t16-,18+/m1/s1. The maximum atomic E-state index is 13.3. The van der Waals surface area contributed by atoms with Crippen LogP contribution in [0.3, 0.4) is 0 Å². The molecular weight excluding hydrogens is 481 g/mol. The van der Waals surface area contributed by atoms with E-state index in [-0.39, 0.29) is 28.9 Å². The molecule has 1 saturated heterocycles. The summed E-state index contributed by atoms with van der Waals surface area (Å²) in [5.41, 5.74) is 2.17. The summed E-state index contributed by atoms with van der Waals surface area (Å²) < 4.78 is 67.9. The minimum atomic E-state index is -4.20. The number of alkyl halides is 3. The number of likely N-dealkylation sites (tertiary alicyclic amines) is 1. The van der Waals surface area contributed by atoms with Gasteiger partial charge in [0, 0.05) is 31.7 Å². The Morgan fingerprint density at radius 3 is 2.51 bits per heavy atom. The van der Waals surface area contributed by atoms with Crippen molar-refractivity contribution >= 4 is 26.8 Å². The summed E-state index contributed by atoms with van der Waals surface area (Å²) >= 11 is 0. The molecule has 1 fully saturated rings. The van der Waals surface area contributed by atoms with Crippen LogP contribution >= 0.6 is 0 Å². The Balaban J connectivity index is 1.55. The molecule has 186 valence electrons. The Morgan fingerprint density at radius 2 is 1.83 bits per heavy atom. The average Bonchev–Trinajstić information content (AvgIpc) is 3.52. The molecule has 0 N–H and O–H groups in total. The summed E-state index contributed by atoms with van der Waals surface area (Å²) in [5.74, 6) is 0.586. The summed E-state index contributed by atoms with van der Waals surface area (Å²) in [6.07, 6.45) is -1.36. The summed E-state index contributed by atoms with van der Waals surface area (Å²) in [5, 5.41) is 8.60. The molecule has 0 spiro atoms. The van der Waals surface area contributed by atoms with Gasteiger partial charge in [0.2, 0.25) is 0 Å². The molecule has 5 rings (SSSR count). The lowest BCUT2D eigenvalue weighted by molar-refractivity contribution is -0.137. The third-order valence-electron chi connectivity index (χ3n) is 6.72. The Hall–Kier alpha value is -2.99. The summed E-state index contributed by atoms with van der Waals surface area (Å²) in [6.45, 7) is 4.81. The van der Waals surface area contributed by atoms with E-state index < -0.39 is 22.6 Å². The van der Waals surface area contributed by atoms with Gasteiger partial charge in [0.25, 0.3) is 10.0 Å². The lowest BCUT2D eigenvalue weighted by Gasteiger charge is -2.16. The van der Waals surface area contributed by atoms with Crippen LogP contribution in [0.25, 0.3) is 16.8 Å². The minimum Gasteiger partial charge on any atom is -0.302 e. The van der Waals surface area contributed by atoms with Crippen molar-refractivity contribution in [1.82, 2.24) is 28.5 Å². The number of aromatic nitrogens is 5. The fraction of sp³-hybridized carbons (Fsp3) is 0.435. The molecule has 4 aromatic rings. The topological polar surface area (TPSA) is 85.4 Å². The monoisotopic (exact) mass is 506 g/mol. The van der Waals surface area contributed by atoms with Crippen molar-refractivity contribution in [2.45, 2.75) is 43.7 Å². The maximum absolute atomic E-state index is 13.3. The van der Waals surface area contributed by atoms with Crippen LogP contribution in [0.2, 0.25) is 0 Å². The molecule has 4 heterocycles. The number of hydrogen-bond donors (Lipinski definition) is 0. The second-order valence-electron chi connectivity index (χ2n) is 9.05. The Labute approximate surface area is 200 Å². The number of rotatable bonds is 6. The van der Waals surface area contributed by atoms with Crippen LogP contribution in [-0.2, 0) is 10.0 Å². The quantitative estimate of drug-likeness (QED) is 0.393. The van der Waals surface area contributed by atoms with Gasteiger partial charge in [-0.1, -0.05) is 31.0 Å². The molecule has 8 nitrogen and oxygen atoms in total. The Bertz CT molecular complexity index is 1480. The van der Waals surface area contributed by atoms with Crippen molar-refractivity contribution in [3.8, 4) is 0 Å². The number of hydrogen-bond acceptors (Lipinski definition) is 6. The highest BCUT2D eigenvalue weighted by molar-refractivity contribution is 7.90. The molecule has 12 heteroatoms. The van der Waals surface area contributed by atoms with E-state index in [1.54, 1.807) is 34.7 Å². The Kier molecular flexibility index (Phi) is 5.83. The average molecular weight is 507 g/mol. The van der Waals surface area contributed by atoms with Crippen molar-refractivity contribution in [1.29, 1.82) is 0 Å². The molecule has 0 bridgehead atoms. The molecule has 0 saturated carbocycles. The van der Waals surface area contributed by atoms with Crippen molar-refractivity contribution < 1.29 is 21.6 Å². The molecule has 0 radical (unpaired) electrons. The number of fused-ring (bicyclic) bond motifs is 3. The lowest BCUT2D eigenvalue weighted by atomic mass is 9.93. The van der Waals surface area contributed by atoms with Crippen molar-refractivity contribution in [3.63, 3.8) is 0 Å². The predicted molar refractivity (Wildman–Crippen MR) is 124 cm³/mol. The van der Waals surface area contributed by atoms with E-state index in [4.69, 9.17) is 0 Å². The SMILES string of the molecule is CC[C@@H]1CN(CCC(F)(F)F)C[C@@H]1c1nnc2cnc3c(ccn3S(=O)(=O)c3ccc(C)cc3)n12. The first-order valence-electron chi connectivity index (χ1n) is 11.4. The van der Waals surface area contributed by atoms with Crippen LogP contribution in [0.5, 0.6) is 0 Å². The highest BCUT2D eigenvalue weighted by Crippen LogP contribution is 2.36. The van der Waals surface area contributed by atoms with E-state index in [0.29, 0.717) is 30.1 Å². The molecule has 1 aliphatic heterocycles. The number of benzene rings is 1. The van der Waals surface area contributed by atoms with Gasteiger partial charge in [-0.15, -0.1) is 10.2 Å². The van der Waals surface area contributed by atoms with Gasteiger partial charge >= 0.3 is 6.18 Å². The van der Waals surface area contributed by atoms with E-state index in [9.17, 15) is 21.6 Å². The number of halogens is 3. The van der Waals surface area contributed by atoms with Gasteiger partial charge in [-0.3, -0.25) is 4.40 Å². The van der Waals surface area contributed by atoms with Crippen LogP contribution in [0.1, 0.15) is 37.1 Å². The number of aryl methyl sites for hydroxylation is 1. The van der Waals surface area contributed by atoms with Crippen LogP contribution in [-0.4, -0.2) is 62.7 Å². The highest BCUT2D eigenvalue weighted by atomic mass is 32.2. The normalized spacial score (nSPS) is 19.8. The smallest absolute Gasteiger partial charge is 0.302 e. The molecule has 1 aliphatic rings.